The summed E-state index contributed by atoms with van der Waals surface area (Å²) in [5, 5.41) is 9.57. The van der Waals surface area contributed by atoms with Crippen molar-refractivity contribution in [3.05, 3.63) is 21.4 Å². The van der Waals surface area contributed by atoms with Gasteiger partial charge in [0, 0.05) is 9.75 Å². The molecule has 5 nitrogen and oxygen atoms in total. The van der Waals surface area contributed by atoms with Crippen LogP contribution in [-0.2, 0) is 6.54 Å². The van der Waals surface area contributed by atoms with E-state index in [1.54, 1.807) is 11.3 Å². The number of nitrogens with zero attached hydrogens (tertiary/aromatic N) is 2. The molecular formula is C9H13N5S. The molecule has 4 N–H and O–H groups in total. The Kier molecular flexibility index (Phi) is 2.59. The van der Waals surface area contributed by atoms with E-state index in [1.165, 1.54) is 15.3 Å². The van der Waals surface area contributed by atoms with Crippen LogP contribution in [0.2, 0.25) is 0 Å². The fraction of sp³-hybridized carbons (Fsp3) is 0.333. The fourth-order valence-corrected chi connectivity index (χ4v) is 2.25. The number of aryl methyl sites for hydroxylation is 2. The lowest BCUT2D eigenvalue weighted by atomic mass is 10.3. The number of hydrogen-bond donors (Lipinski definition) is 3. The zero-order valence-corrected chi connectivity index (χ0v) is 9.48. The van der Waals surface area contributed by atoms with Crippen LogP contribution in [0.15, 0.2) is 6.07 Å². The average molecular weight is 223 g/mol. The van der Waals surface area contributed by atoms with Gasteiger partial charge in [0.15, 0.2) is 0 Å². The smallest absolute Gasteiger partial charge is 0.243 e. The van der Waals surface area contributed by atoms with Gasteiger partial charge in [0.1, 0.15) is 0 Å². The van der Waals surface area contributed by atoms with E-state index in [0.29, 0.717) is 11.9 Å². The first-order valence-electron chi connectivity index (χ1n) is 4.63. The van der Waals surface area contributed by atoms with Crippen LogP contribution in [0.4, 0.5) is 11.9 Å². The van der Waals surface area contributed by atoms with Crippen molar-refractivity contribution < 1.29 is 0 Å². The van der Waals surface area contributed by atoms with Crippen molar-refractivity contribution in [2.45, 2.75) is 20.4 Å². The molecule has 0 saturated heterocycles. The van der Waals surface area contributed by atoms with E-state index in [-0.39, 0.29) is 0 Å². The van der Waals surface area contributed by atoms with E-state index in [2.05, 4.69) is 40.4 Å². The molecule has 80 valence electrons. The summed E-state index contributed by atoms with van der Waals surface area (Å²) in [6.07, 6.45) is 0. The molecule has 2 aromatic heterocycles. The molecule has 2 aromatic rings. The lowest BCUT2D eigenvalue weighted by molar-refractivity contribution is 1.06. The molecule has 0 radical (unpaired) electrons. The summed E-state index contributed by atoms with van der Waals surface area (Å²) in [6, 6.07) is 2.17. The SMILES string of the molecule is Cc1cc(CNc2n[nH]c(N)n2)sc1C. The highest BCUT2D eigenvalue weighted by atomic mass is 32.1. The van der Waals surface area contributed by atoms with Crippen LogP contribution in [-0.4, -0.2) is 15.2 Å². The maximum absolute atomic E-state index is 5.41. The number of H-pyrrole nitrogens is 1. The van der Waals surface area contributed by atoms with Crippen molar-refractivity contribution in [1.29, 1.82) is 0 Å². The van der Waals surface area contributed by atoms with Gasteiger partial charge in [0.05, 0.1) is 6.54 Å². The third kappa shape index (κ3) is 2.27. The summed E-state index contributed by atoms with van der Waals surface area (Å²) in [5.74, 6) is 0.868. The first-order valence-corrected chi connectivity index (χ1v) is 5.44. The minimum absolute atomic E-state index is 0.330. The Morgan fingerprint density at radius 2 is 2.33 bits per heavy atom. The minimum atomic E-state index is 0.330. The second-order valence-electron chi connectivity index (χ2n) is 3.35. The molecular weight excluding hydrogens is 210 g/mol. The summed E-state index contributed by atoms with van der Waals surface area (Å²) in [7, 11) is 0. The van der Waals surface area contributed by atoms with E-state index >= 15 is 0 Å². The Bertz CT molecular complexity index is 439. The van der Waals surface area contributed by atoms with Gasteiger partial charge >= 0.3 is 0 Å². The number of thiophene rings is 1. The van der Waals surface area contributed by atoms with E-state index in [4.69, 9.17) is 5.73 Å². The lowest BCUT2D eigenvalue weighted by Gasteiger charge is -1.97. The summed E-state index contributed by atoms with van der Waals surface area (Å²) < 4.78 is 0. The summed E-state index contributed by atoms with van der Waals surface area (Å²) >= 11 is 1.78. The third-order valence-electron chi connectivity index (χ3n) is 2.14. The molecule has 0 spiro atoms. The number of hydrogen-bond acceptors (Lipinski definition) is 5. The van der Waals surface area contributed by atoms with Crippen molar-refractivity contribution in [1.82, 2.24) is 15.2 Å². The number of aromatic nitrogens is 3. The van der Waals surface area contributed by atoms with Gasteiger partial charge in [-0.2, -0.15) is 4.98 Å². The number of nitrogens with two attached hydrogens (primary N) is 1. The van der Waals surface area contributed by atoms with Crippen molar-refractivity contribution in [2.75, 3.05) is 11.1 Å². The van der Waals surface area contributed by atoms with Crippen LogP contribution in [0, 0.1) is 13.8 Å². The molecule has 0 saturated carbocycles. The van der Waals surface area contributed by atoms with Crippen molar-refractivity contribution in [3.8, 4) is 0 Å². The van der Waals surface area contributed by atoms with Crippen LogP contribution < -0.4 is 11.1 Å². The van der Waals surface area contributed by atoms with Crippen LogP contribution >= 0.6 is 11.3 Å². The van der Waals surface area contributed by atoms with Gasteiger partial charge in [0.2, 0.25) is 11.9 Å². The van der Waals surface area contributed by atoms with Crippen LogP contribution in [0.5, 0.6) is 0 Å². The van der Waals surface area contributed by atoms with Crippen molar-refractivity contribution >= 4 is 23.2 Å². The van der Waals surface area contributed by atoms with E-state index in [1.807, 2.05) is 0 Å². The maximum atomic E-state index is 5.41. The Morgan fingerprint density at radius 3 is 2.87 bits per heavy atom. The van der Waals surface area contributed by atoms with Gasteiger partial charge in [0.25, 0.3) is 0 Å². The van der Waals surface area contributed by atoms with Gasteiger partial charge in [-0.25, -0.2) is 5.10 Å². The quantitative estimate of drug-likeness (QED) is 0.739. The minimum Gasteiger partial charge on any atom is -0.368 e. The second-order valence-corrected chi connectivity index (χ2v) is 4.69. The molecule has 0 aromatic carbocycles. The van der Waals surface area contributed by atoms with Crippen LogP contribution in [0.1, 0.15) is 15.3 Å². The summed E-state index contributed by atoms with van der Waals surface area (Å²) in [5.41, 5.74) is 6.73. The Morgan fingerprint density at radius 1 is 1.53 bits per heavy atom. The standard InChI is InChI=1S/C9H13N5S/c1-5-3-7(15-6(5)2)4-11-9-12-8(10)13-14-9/h3H,4H2,1-2H3,(H4,10,11,12,13,14). The molecule has 2 rings (SSSR count). The van der Waals surface area contributed by atoms with Crippen LogP contribution in [0.3, 0.4) is 0 Å². The van der Waals surface area contributed by atoms with Gasteiger partial charge < -0.3 is 11.1 Å². The highest BCUT2D eigenvalue weighted by molar-refractivity contribution is 7.12. The molecule has 0 aliphatic carbocycles. The van der Waals surface area contributed by atoms with Gasteiger partial charge in [-0.15, -0.1) is 16.4 Å². The summed E-state index contributed by atoms with van der Waals surface area (Å²) in [4.78, 5) is 6.58. The van der Waals surface area contributed by atoms with Gasteiger partial charge in [-0.05, 0) is 25.5 Å². The topological polar surface area (TPSA) is 79.6 Å². The largest absolute Gasteiger partial charge is 0.368 e. The monoisotopic (exact) mass is 223 g/mol. The van der Waals surface area contributed by atoms with E-state index in [9.17, 15) is 0 Å². The first kappa shape index (κ1) is 9.97. The molecule has 2 heterocycles. The second kappa shape index (κ2) is 3.90. The van der Waals surface area contributed by atoms with Crippen molar-refractivity contribution in [2.24, 2.45) is 0 Å². The average Bonchev–Trinajstić information content (AvgIpc) is 2.72. The first-order chi connectivity index (χ1) is 7.15. The predicted octanol–water partition coefficient (Wildman–Crippen LogP) is 1.68. The lowest BCUT2D eigenvalue weighted by Crippen LogP contribution is -1.99. The van der Waals surface area contributed by atoms with E-state index in [0.717, 1.165) is 6.54 Å². The predicted molar refractivity (Wildman–Crippen MR) is 61.9 cm³/mol. The maximum Gasteiger partial charge on any atom is 0.243 e. The number of anilines is 2. The fourth-order valence-electron chi connectivity index (χ4n) is 1.26. The molecule has 0 bridgehead atoms. The number of nitrogens with one attached hydrogen (secondary N) is 2. The zero-order valence-electron chi connectivity index (χ0n) is 8.66. The Labute approximate surface area is 91.7 Å². The number of nitrogen functional groups attached to an aromatic ring is 1. The van der Waals surface area contributed by atoms with E-state index < -0.39 is 0 Å². The summed E-state index contributed by atoms with van der Waals surface area (Å²) in [6.45, 7) is 4.96. The normalized spacial score (nSPS) is 10.5. The van der Waals surface area contributed by atoms with Crippen molar-refractivity contribution in [3.63, 3.8) is 0 Å². The molecule has 0 fully saturated rings. The molecule has 0 aliphatic heterocycles. The third-order valence-corrected chi connectivity index (χ3v) is 3.29. The molecule has 0 unspecified atom stereocenters. The van der Waals surface area contributed by atoms with Gasteiger partial charge in [-0.1, -0.05) is 0 Å². The zero-order chi connectivity index (χ0) is 10.8. The molecule has 6 heteroatoms. The molecule has 15 heavy (non-hydrogen) atoms. The Balaban J connectivity index is 1.99. The Hall–Kier alpha value is -1.56. The van der Waals surface area contributed by atoms with Crippen LogP contribution in [0.25, 0.3) is 0 Å². The number of aromatic amines is 1. The van der Waals surface area contributed by atoms with Gasteiger partial charge in [-0.3, -0.25) is 0 Å². The highest BCUT2D eigenvalue weighted by Gasteiger charge is 2.03. The number of rotatable bonds is 3. The molecule has 0 aliphatic rings. The molecule has 0 atom stereocenters. The molecule has 0 amide bonds. The highest BCUT2D eigenvalue weighted by Crippen LogP contribution is 2.21.